The van der Waals surface area contributed by atoms with E-state index < -0.39 is 6.17 Å². The van der Waals surface area contributed by atoms with Gasteiger partial charge in [0.1, 0.15) is 12.0 Å². The number of alkyl halides is 1. The fourth-order valence-corrected chi connectivity index (χ4v) is 2.21. The minimum absolute atomic E-state index is 0.0187. The molecule has 2 heteroatoms. The highest BCUT2D eigenvalue weighted by atomic mass is 19.1. The zero-order valence-corrected chi connectivity index (χ0v) is 8.77. The quantitative estimate of drug-likeness (QED) is 0.575. The first kappa shape index (κ1) is 10.7. The molecule has 13 heavy (non-hydrogen) atoms. The Morgan fingerprint density at radius 2 is 2.08 bits per heavy atom. The Kier molecular flexibility index (Phi) is 3.09. The fourth-order valence-electron chi connectivity index (χ4n) is 2.21. The molecular formula is C11H19FO. The minimum atomic E-state index is -0.921. The molecule has 1 fully saturated rings. The summed E-state index contributed by atoms with van der Waals surface area (Å²) in [4.78, 5) is 11.1. The first-order valence-electron chi connectivity index (χ1n) is 5.07. The second-order valence-electron chi connectivity index (χ2n) is 4.99. The first-order chi connectivity index (χ1) is 5.92. The van der Waals surface area contributed by atoms with Gasteiger partial charge in [0, 0.05) is 5.92 Å². The Morgan fingerprint density at radius 1 is 1.46 bits per heavy atom. The van der Waals surface area contributed by atoms with E-state index in [4.69, 9.17) is 0 Å². The van der Waals surface area contributed by atoms with Crippen molar-refractivity contribution in [1.82, 2.24) is 0 Å². The van der Waals surface area contributed by atoms with Gasteiger partial charge in [0.2, 0.25) is 0 Å². The van der Waals surface area contributed by atoms with Crippen molar-refractivity contribution in [2.75, 3.05) is 0 Å². The molecule has 76 valence electrons. The first-order valence-corrected chi connectivity index (χ1v) is 5.07. The van der Waals surface area contributed by atoms with Crippen LogP contribution in [-0.4, -0.2) is 12.0 Å². The summed E-state index contributed by atoms with van der Waals surface area (Å²) in [7, 11) is 0. The van der Waals surface area contributed by atoms with Crippen LogP contribution in [0.1, 0.15) is 46.5 Å². The maximum absolute atomic E-state index is 13.6. The molecule has 1 saturated carbocycles. The predicted molar refractivity (Wildman–Crippen MR) is 51.3 cm³/mol. The number of ketones is 1. The highest BCUT2D eigenvalue weighted by molar-refractivity contribution is 5.78. The van der Waals surface area contributed by atoms with E-state index in [-0.39, 0.29) is 17.1 Å². The highest BCUT2D eigenvalue weighted by Gasteiger charge is 2.34. The molecule has 0 aromatic rings. The number of halogens is 1. The molecule has 0 amide bonds. The van der Waals surface area contributed by atoms with Crippen LogP contribution >= 0.6 is 0 Å². The molecule has 0 aromatic carbocycles. The van der Waals surface area contributed by atoms with Gasteiger partial charge in [0.05, 0.1) is 0 Å². The van der Waals surface area contributed by atoms with Crippen LogP contribution < -0.4 is 0 Å². The van der Waals surface area contributed by atoms with Gasteiger partial charge in [-0.15, -0.1) is 0 Å². The summed E-state index contributed by atoms with van der Waals surface area (Å²) in [6.45, 7) is 5.68. The molecule has 0 bridgehead atoms. The number of Topliss-reactive ketones (excluding diaryl/α,β-unsaturated/α-hetero) is 1. The fraction of sp³-hybridized carbons (Fsp3) is 0.909. The van der Waals surface area contributed by atoms with Gasteiger partial charge in [-0.05, 0) is 31.6 Å². The smallest absolute Gasteiger partial charge is 0.135 e. The second-order valence-corrected chi connectivity index (χ2v) is 4.99. The predicted octanol–water partition coefficient (Wildman–Crippen LogP) is 3.13. The van der Waals surface area contributed by atoms with Gasteiger partial charge in [-0.1, -0.05) is 20.3 Å². The normalized spacial score (nSPS) is 33.8. The Labute approximate surface area is 79.7 Å². The largest absolute Gasteiger partial charge is 0.300 e. The van der Waals surface area contributed by atoms with Crippen LogP contribution in [0.4, 0.5) is 4.39 Å². The van der Waals surface area contributed by atoms with E-state index in [2.05, 4.69) is 13.8 Å². The van der Waals surface area contributed by atoms with Gasteiger partial charge in [-0.3, -0.25) is 4.79 Å². The Morgan fingerprint density at radius 3 is 2.62 bits per heavy atom. The third kappa shape index (κ3) is 2.78. The van der Waals surface area contributed by atoms with Crippen LogP contribution in [0.2, 0.25) is 0 Å². The van der Waals surface area contributed by atoms with Crippen LogP contribution in [-0.2, 0) is 4.79 Å². The zero-order chi connectivity index (χ0) is 10.1. The van der Waals surface area contributed by atoms with Crippen molar-refractivity contribution in [1.29, 1.82) is 0 Å². The van der Waals surface area contributed by atoms with Crippen LogP contribution in [0.3, 0.4) is 0 Å². The summed E-state index contributed by atoms with van der Waals surface area (Å²) in [5.74, 6) is -0.313. The van der Waals surface area contributed by atoms with Crippen molar-refractivity contribution < 1.29 is 9.18 Å². The molecule has 0 radical (unpaired) electrons. The average Bonchev–Trinajstić information content (AvgIpc) is 2.06. The van der Waals surface area contributed by atoms with Gasteiger partial charge < -0.3 is 0 Å². The summed E-state index contributed by atoms with van der Waals surface area (Å²) >= 11 is 0. The average molecular weight is 186 g/mol. The summed E-state index contributed by atoms with van der Waals surface area (Å²) < 4.78 is 13.6. The molecule has 1 aliphatic carbocycles. The van der Waals surface area contributed by atoms with Crippen molar-refractivity contribution >= 4 is 5.78 Å². The Balaban J connectivity index is 2.68. The number of rotatable bonds is 1. The van der Waals surface area contributed by atoms with Crippen molar-refractivity contribution in [3.63, 3.8) is 0 Å². The van der Waals surface area contributed by atoms with Gasteiger partial charge in [0.25, 0.3) is 0 Å². The van der Waals surface area contributed by atoms with E-state index in [0.717, 1.165) is 19.3 Å². The van der Waals surface area contributed by atoms with Gasteiger partial charge in [0.15, 0.2) is 0 Å². The van der Waals surface area contributed by atoms with Crippen LogP contribution in [0.5, 0.6) is 0 Å². The van der Waals surface area contributed by atoms with Crippen molar-refractivity contribution in [2.24, 2.45) is 11.3 Å². The maximum atomic E-state index is 13.6. The zero-order valence-electron chi connectivity index (χ0n) is 8.77. The molecule has 0 aliphatic heterocycles. The van der Waals surface area contributed by atoms with Gasteiger partial charge in [-0.2, -0.15) is 0 Å². The second kappa shape index (κ2) is 3.77. The number of hydrogen-bond acceptors (Lipinski definition) is 1. The van der Waals surface area contributed by atoms with E-state index in [1.54, 1.807) is 0 Å². The SMILES string of the molecule is CC(=O)C1CCCC(C)(C)CC1F. The van der Waals surface area contributed by atoms with Gasteiger partial charge in [-0.25, -0.2) is 4.39 Å². The molecule has 1 nitrogen and oxygen atoms in total. The molecular weight excluding hydrogens is 167 g/mol. The number of hydrogen-bond donors (Lipinski definition) is 0. The standard InChI is InChI=1S/C11H19FO/c1-8(13)9-5-4-6-11(2,3)7-10(9)12/h9-10H,4-7H2,1-3H3. The third-order valence-corrected chi connectivity index (χ3v) is 3.08. The van der Waals surface area contributed by atoms with Crippen molar-refractivity contribution in [3.05, 3.63) is 0 Å². The lowest BCUT2D eigenvalue weighted by Crippen LogP contribution is -2.25. The van der Waals surface area contributed by atoms with Gasteiger partial charge >= 0.3 is 0 Å². The lowest BCUT2D eigenvalue weighted by molar-refractivity contribution is -0.123. The lowest BCUT2D eigenvalue weighted by Gasteiger charge is -2.24. The van der Waals surface area contributed by atoms with Crippen LogP contribution in [0, 0.1) is 11.3 Å². The maximum Gasteiger partial charge on any atom is 0.135 e. The number of carbonyl (C=O) groups excluding carboxylic acids is 1. The Bertz CT molecular complexity index is 198. The summed E-state index contributed by atoms with van der Waals surface area (Å²) in [6.07, 6.45) is 2.38. The molecule has 1 rings (SSSR count). The molecule has 0 N–H and O–H groups in total. The van der Waals surface area contributed by atoms with E-state index in [9.17, 15) is 9.18 Å². The van der Waals surface area contributed by atoms with Crippen LogP contribution in [0.25, 0.3) is 0 Å². The molecule has 0 spiro atoms. The Hall–Kier alpha value is -0.400. The number of carbonyl (C=O) groups is 1. The minimum Gasteiger partial charge on any atom is -0.300 e. The van der Waals surface area contributed by atoms with Crippen molar-refractivity contribution in [2.45, 2.75) is 52.6 Å². The molecule has 0 heterocycles. The third-order valence-electron chi connectivity index (χ3n) is 3.08. The van der Waals surface area contributed by atoms with E-state index >= 15 is 0 Å². The highest BCUT2D eigenvalue weighted by Crippen LogP contribution is 2.38. The molecule has 1 aliphatic rings. The molecule has 2 atom stereocenters. The van der Waals surface area contributed by atoms with E-state index in [0.29, 0.717) is 6.42 Å². The molecule has 2 unspecified atom stereocenters. The topological polar surface area (TPSA) is 17.1 Å². The lowest BCUT2D eigenvalue weighted by atomic mass is 9.83. The van der Waals surface area contributed by atoms with Crippen molar-refractivity contribution in [3.8, 4) is 0 Å². The summed E-state index contributed by atoms with van der Waals surface area (Å²) in [5, 5.41) is 0. The molecule has 0 aromatic heterocycles. The summed E-state index contributed by atoms with van der Waals surface area (Å²) in [5.41, 5.74) is 0.0730. The summed E-state index contributed by atoms with van der Waals surface area (Å²) in [6, 6.07) is 0. The van der Waals surface area contributed by atoms with E-state index in [1.807, 2.05) is 0 Å². The van der Waals surface area contributed by atoms with E-state index in [1.165, 1.54) is 6.92 Å². The molecule has 0 saturated heterocycles. The van der Waals surface area contributed by atoms with Crippen LogP contribution in [0.15, 0.2) is 0 Å². The monoisotopic (exact) mass is 186 g/mol.